The number of phenols is 2. The number of phenolic OH excluding ortho intramolecular Hbond substituents is 2. The quantitative estimate of drug-likeness (QED) is 0.0815. The van der Waals surface area contributed by atoms with Crippen molar-refractivity contribution in [3.05, 3.63) is 75.9 Å². The number of benzene rings is 2. The number of nitro groups is 1. The molecule has 11 heteroatoms. The molecule has 0 aliphatic rings. The third-order valence-electron chi connectivity index (χ3n) is 4.73. The normalized spacial score (nSPS) is 10.3. The third kappa shape index (κ3) is 9.16. The number of hydrogen-bond donors (Lipinski definition) is 2. The molecule has 35 heavy (non-hydrogen) atoms. The highest BCUT2D eigenvalue weighted by Gasteiger charge is 2.17. The van der Waals surface area contributed by atoms with Crippen molar-refractivity contribution in [1.29, 1.82) is 0 Å². The first-order valence-corrected chi connectivity index (χ1v) is 10.6. The van der Waals surface area contributed by atoms with Crippen molar-refractivity contribution in [2.75, 3.05) is 6.61 Å². The van der Waals surface area contributed by atoms with Crippen LogP contribution in [0.2, 0.25) is 0 Å². The lowest BCUT2D eigenvalue weighted by Crippen LogP contribution is -2.11. The Labute approximate surface area is 200 Å². The molecule has 2 N–H and O–H groups in total. The number of esters is 3. The van der Waals surface area contributed by atoms with Gasteiger partial charge in [0, 0.05) is 12.1 Å². The smallest absolute Gasteiger partial charge is 0.330 e. The lowest BCUT2D eigenvalue weighted by molar-refractivity contribution is -0.385. The summed E-state index contributed by atoms with van der Waals surface area (Å²) >= 11 is 0. The molecule has 0 fully saturated rings. The van der Waals surface area contributed by atoms with Crippen LogP contribution >= 0.6 is 0 Å². The molecule has 0 bridgehead atoms. The third-order valence-corrected chi connectivity index (χ3v) is 4.73. The Kier molecular flexibility index (Phi) is 10.2. The summed E-state index contributed by atoms with van der Waals surface area (Å²) in [6.07, 6.45) is 1.54. The molecule has 2 aromatic rings. The van der Waals surface area contributed by atoms with Crippen molar-refractivity contribution >= 4 is 23.6 Å². The molecule has 2 aromatic carbocycles. The van der Waals surface area contributed by atoms with Gasteiger partial charge in [0.25, 0.3) is 5.69 Å². The molecule has 186 valence electrons. The predicted molar refractivity (Wildman–Crippen MR) is 121 cm³/mol. The van der Waals surface area contributed by atoms with Crippen molar-refractivity contribution in [3.8, 4) is 11.5 Å². The highest BCUT2D eigenvalue weighted by molar-refractivity contribution is 5.81. The second-order valence-corrected chi connectivity index (χ2v) is 7.34. The van der Waals surface area contributed by atoms with E-state index in [1.54, 1.807) is 6.07 Å². The maximum absolute atomic E-state index is 11.9. The largest absolute Gasteiger partial charge is 0.504 e. The van der Waals surface area contributed by atoms with Gasteiger partial charge in [0.1, 0.15) is 13.2 Å². The molecule has 0 radical (unpaired) electrons. The molecule has 0 spiro atoms. The summed E-state index contributed by atoms with van der Waals surface area (Å²) in [6.45, 7) is 2.82. The van der Waals surface area contributed by atoms with Gasteiger partial charge in [-0.15, -0.1) is 0 Å². The van der Waals surface area contributed by atoms with Crippen LogP contribution in [0.1, 0.15) is 36.0 Å². The molecule has 0 heterocycles. The van der Waals surface area contributed by atoms with E-state index >= 15 is 0 Å². The zero-order chi connectivity index (χ0) is 25.8. The molecule has 0 aliphatic carbocycles. The average Bonchev–Trinajstić information content (AvgIpc) is 2.84. The molecule has 0 amide bonds. The Balaban J connectivity index is 1.71. The first kappa shape index (κ1) is 26.8. The Morgan fingerprint density at radius 1 is 0.914 bits per heavy atom. The molecule has 11 nitrogen and oxygen atoms in total. The maximum Gasteiger partial charge on any atom is 0.330 e. The van der Waals surface area contributed by atoms with Crippen LogP contribution in [-0.2, 0) is 48.2 Å². The van der Waals surface area contributed by atoms with E-state index in [1.165, 1.54) is 30.3 Å². The van der Waals surface area contributed by atoms with Crippen molar-refractivity contribution in [2.24, 2.45) is 0 Å². The van der Waals surface area contributed by atoms with Crippen LogP contribution in [0, 0.1) is 10.1 Å². The van der Waals surface area contributed by atoms with Gasteiger partial charge in [-0.2, -0.15) is 0 Å². The number of aromatic hydroxyl groups is 2. The van der Waals surface area contributed by atoms with E-state index in [0.29, 0.717) is 18.4 Å². The maximum atomic E-state index is 11.9. The molecular weight excluding hydrogens is 462 g/mol. The first-order chi connectivity index (χ1) is 16.7. The summed E-state index contributed by atoms with van der Waals surface area (Å²) in [7, 11) is 0. The van der Waals surface area contributed by atoms with Gasteiger partial charge in [0.2, 0.25) is 0 Å². The second-order valence-electron chi connectivity index (χ2n) is 7.34. The number of ether oxygens (including phenoxy) is 3. The van der Waals surface area contributed by atoms with Crippen LogP contribution in [0.15, 0.2) is 49.1 Å². The van der Waals surface area contributed by atoms with E-state index in [9.17, 15) is 34.7 Å². The van der Waals surface area contributed by atoms with Crippen molar-refractivity contribution in [2.45, 2.75) is 38.9 Å². The van der Waals surface area contributed by atoms with E-state index in [-0.39, 0.29) is 55.4 Å². The zero-order valence-corrected chi connectivity index (χ0v) is 18.8. The number of aryl methyl sites for hydroxylation is 1. The number of hydrogen-bond acceptors (Lipinski definition) is 10. The first-order valence-electron chi connectivity index (χ1n) is 10.6. The molecule has 0 atom stereocenters. The summed E-state index contributed by atoms with van der Waals surface area (Å²) in [4.78, 5) is 45.5. The predicted octanol–water partition coefficient (Wildman–Crippen LogP) is 3.23. The van der Waals surface area contributed by atoms with Gasteiger partial charge < -0.3 is 24.4 Å². The standard InChI is InChI=1S/C24H25NO10/c1-2-22(28)35-15-18-7-5-17(12-19(18)25(31)32)14-34-24(30)10-9-23(29)33-11-3-4-16-6-8-20(26)21(27)13-16/h2,5-8,12-13,26-27H,1,3-4,9-11,14-15H2. The van der Waals surface area contributed by atoms with Gasteiger partial charge in [-0.05, 0) is 42.2 Å². The lowest BCUT2D eigenvalue weighted by atomic mass is 10.1. The molecule has 0 aliphatic heterocycles. The molecule has 0 aromatic heterocycles. The van der Waals surface area contributed by atoms with E-state index in [1.807, 2.05) is 0 Å². The zero-order valence-electron chi connectivity index (χ0n) is 18.8. The van der Waals surface area contributed by atoms with Crippen molar-refractivity contribution < 1.29 is 43.7 Å². The fourth-order valence-electron chi connectivity index (χ4n) is 2.90. The number of carbonyl (C=O) groups is 3. The monoisotopic (exact) mass is 487 g/mol. The minimum Gasteiger partial charge on any atom is -0.504 e. The summed E-state index contributed by atoms with van der Waals surface area (Å²) in [5.41, 5.74) is 1.00. The van der Waals surface area contributed by atoms with Gasteiger partial charge in [0.15, 0.2) is 11.5 Å². The van der Waals surface area contributed by atoms with Crippen molar-refractivity contribution in [3.63, 3.8) is 0 Å². The molecular formula is C24H25NO10. The fraction of sp³-hybridized carbons (Fsp3) is 0.292. The number of rotatable bonds is 13. The molecule has 0 saturated heterocycles. The van der Waals surface area contributed by atoms with Crippen LogP contribution in [0.25, 0.3) is 0 Å². The SMILES string of the molecule is C=CC(=O)OCc1ccc(COC(=O)CCC(=O)OCCCc2ccc(O)c(O)c2)cc1[N+](=O)[O-]. The van der Waals surface area contributed by atoms with Crippen LogP contribution in [0.4, 0.5) is 5.69 Å². The van der Waals surface area contributed by atoms with Gasteiger partial charge in [-0.25, -0.2) is 4.79 Å². The topological polar surface area (TPSA) is 163 Å². The summed E-state index contributed by atoms with van der Waals surface area (Å²) in [5, 5.41) is 30.0. The van der Waals surface area contributed by atoms with Gasteiger partial charge in [-0.3, -0.25) is 19.7 Å². The van der Waals surface area contributed by atoms with Crippen LogP contribution < -0.4 is 0 Å². The molecule has 0 saturated carbocycles. The highest BCUT2D eigenvalue weighted by atomic mass is 16.6. The van der Waals surface area contributed by atoms with Crippen LogP contribution in [-0.4, -0.2) is 39.7 Å². The number of carbonyl (C=O) groups excluding carboxylic acids is 3. The highest BCUT2D eigenvalue weighted by Crippen LogP contribution is 2.25. The Hall–Kier alpha value is -4.41. The van der Waals surface area contributed by atoms with Gasteiger partial charge in [-0.1, -0.05) is 18.7 Å². The Morgan fingerprint density at radius 2 is 1.60 bits per heavy atom. The van der Waals surface area contributed by atoms with Crippen LogP contribution in [0.5, 0.6) is 11.5 Å². The summed E-state index contributed by atoms with van der Waals surface area (Å²) in [6, 6.07) is 8.55. The summed E-state index contributed by atoms with van der Waals surface area (Å²) < 4.78 is 14.9. The van der Waals surface area contributed by atoms with E-state index in [0.717, 1.165) is 11.6 Å². The average molecular weight is 487 g/mol. The number of nitro benzene ring substituents is 1. The second kappa shape index (κ2) is 13.3. The number of nitrogens with zero attached hydrogens (tertiary/aromatic N) is 1. The minimum absolute atomic E-state index is 0.119. The lowest BCUT2D eigenvalue weighted by Gasteiger charge is -2.08. The Bertz CT molecular complexity index is 1100. The summed E-state index contributed by atoms with van der Waals surface area (Å²) in [5.74, 6) is -2.40. The minimum atomic E-state index is -0.714. The van der Waals surface area contributed by atoms with E-state index in [4.69, 9.17) is 14.2 Å². The van der Waals surface area contributed by atoms with E-state index in [2.05, 4.69) is 6.58 Å². The molecule has 0 unspecified atom stereocenters. The van der Waals surface area contributed by atoms with Gasteiger partial charge >= 0.3 is 17.9 Å². The van der Waals surface area contributed by atoms with E-state index < -0.39 is 22.8 Å². The molecule has 2 rings (SSSR count). The Morgan fingerprint density at radius 3 is 2.26 bits per heavy atom. The van der Waals surface area contributed by atoms with Crippen molar-refractivity contribution in [1.82, 2.24) is 0 Å². The van der Waals surface area contributed by atoms with Gasteiger partial charge in [0.05, 0.1) is 29.9 Å². The van der Waals surface area contributed by atoms with Crippen LogP contribution in [0.3, 0.4) is 0 Å². The fourth-order valence-corrected chi connectivity index (χ4v) is 2.90.